The third kappa shape index (κ3) is 2.64. The molecule has 1 rings (SSSR count). The highest BCUT2D eigenvalue weighted by molar-refractivity contribution is 9.09. The Morgan fingerprint density at radius 1 is 1.44 bits per heavy atom. The SMILES string of the molecule is COC(=O)c1ccc(C(C)(C)CBr)cc1C. The number of halogens is 1. The van der Waals surface area contributed by atoms with Crippen molar-refractivity contribution in [2.45, 2.75) is 26.2 Å². The highest BCUT2D eigenvalue weighted by Crippen LogP contribution is 2.27. The summed E-state index contributed by atoms with van der Waals surface area (Å²) in [6.45, 7) is 6.25. The molecule has 0 atom stereocenters. The van der Waals surface area contributed by atoms with Crippen LogP contribution in [0.25, 0.3) is 0 Å². The fourth-order valence-corrected chi connectivity index (χ4v) is 1.82. The van der Waals surface area contributed by atoms with E-state index in [-0.39, 0.29) is 11.4 Å². The molecule has 0 aliphatic carbocycles. The maximum atomic E-state index is 11.4. The predicted octanol–water partition coefficient (Wildman–Crippen LogP) is 3.45. The van der Waals surface area contributed by atoms with Gasteiger partial charge in [-0.15, -0.1) is 0 Å². The minimum absolute atomic E-state index is 0.0689. The number of aryl methyl sites for hydroxylation is 1. The monoisotopic (exact) mass is 284 g/mol. The van der Waals surface area contributed by atoms with E-state index in [1.807, 2.05) is 25.1 Å². The van der Waals surface area contributed by atoms with E-state index in [2.05, 4.69) is 29.8 Å². The highest BCUT2D eigenvalue weighted by Gasteiger charge is 2.20. The Bertz CT molecular complexity index is 397. The molecular formula is C13H17BrO2. The number of esters is 1. The van der Waals surface area contributed by atoms with Crippen LogP contribution in [-0.4, -0.2) is 18.4 Å². The molecule has 0 fully saturated rings. The molecule has 0 radical (unpaired) electrons. The summed E-state index contributed by atoms with van der Waals surface area (Å²) in [5.74, 6) is -0.277. The third-order valence-electron chi connectivity index (χ3n) is 2.75. The summed E-state index contributed by atoms with van der Waals surface area (Å²) in [4.78, 5) is 11.4. The second kappa shape index (κ2) is 5.00. The van der Waals surface area contributed by atoms with Gasteiger partial charge in [0.15, 0.2) is 0 Å². The minimum Gasteiger partial charge on any atom is -0.465 e. The van der Waals surface area contributed by atoms with E-state index in [4.69, 9.17) is 4.74 Å². The Kier molecular flexibility index (Phi) is 4.14. The molecule has 2 nitrogen and oxygen atoms in total. The van der Waals surface area contributed by atoms with Crippen molar-refractivity contribution >= 4 is 21.9 Å². The van der Waals surface area contributed by atoms with Gasteiger partial charge in [-0.3, -0.25) is 0 Å². The Labute approximate surface area is 105 Å². The first-order chi connectivity index (χ1) is 7.42. The lowest BCUT2D eigenvalue weighted by Gasteiger charge is -2.23. The van der Waals surface area contributed by atoms with Crippen LogP contribution < -0.4 is 0 Å². The van der Waals surface area contributed by atoms with Crippen LogP contribution in [0.4, 0.5) is 0 Å². The Morgan fingerprint density at radius 2 is 2.06 bits per heavy atom. The minimum atomic E-state index is -0.277. The van der Waals surface area contributed by atoms with Crippen molar-refractivity contribution in [3.8, 4) is 0 Å². The fourth-order valence-electron chi connectivity index (χ4n) is 1.50. The van der Waals surface area contributed by atoms with Crippen LogP contribution in [0.3, 0.4) is 0 Å². The zero-order valence-corrected chi connectivity index (χ0v) is 11.7. The molecule has 3 heteroatoms. The summed E-state index contributed by atoms with van der Waals surface area (Å²) in [6.07, 6.45) is 0. The number of hydrogen-bond acceptors (Lipinski definition) is 2. The summed E-state index contributed by atoms with van der Waals surface area (Å²) in [5, 5.41) is 0.886. The maximum Gasteiger partial charge on any atom is 0.338 e. The van der Waals surface area contributed by atoms with Crippen molar-refractivity contribution in [1.82, 2.24) is 0 Å². The molecule has 1 aromatic carbocycles. The van der Waals surface area contributed by atoms with Gasteiger partial charge < -0.3 is 4.74 Å². The predicted molar refractivity (Wildman–Crippen MR) is 69.3 cm³/mol. The molecule has 0 saturated heterocycles. The number of alkyl halides is 1. The van der Waals surface area contributed by atoms with Gasteiger partial charge in [-0.1, -0.05) is 41.9 Å². The average molecular weight is 285 g/mol. The van der Waals surface area contributed by atoms with Gasteiger partial charge in [0, 0.05) is 5.33 Å². The van der Waals surface area contributed by atoms with Gasteiger partial charge in [0.1, 0.15) is 0 Å². The van der Waals surface area contributed by atoms with Crippen molar-refractivity contribution in [1.29, 1.82) is 0 Å². The smallest absolute Gasteiger partial charge is 0.338 e. The fraction of sp³-hybridized carbons (Fsp3) is 0.462. The van der Waals surface area contributed by atoms with Crippen molar-refractivity contribution < 1.29 is 9.53 Å². The van der Waals surface area contributed by atoms with Crippen molar-refractivity contribution in [3.63, 3.8) is 0 Å². The molecule has 1 aromatic rings. The van der Waals surface area contributed by atoms with Gasteiger partial charge in [-0.2, -0.15) is 0 Å². The van der Waals surface area contributed by atoms with Crippen molar-refractivity contribution in [2.75, 3.05) is 12.4 Å². The molecule has 0 saturated carbocycles. The van der Waals surface area contributed by atoms with Crippen LogP contribution >= 0.6 is 15.9 Å². The summed E-state index contributed by atoms with van der Waals surface area (Å²) >= 11 is 3.50. The number of carbonyl (C=O) groups excluding carboxylic acids is 1. The molecule has 0 bridgehead atoms. The van der Waals surface area contributed by atoms with Crippen LogP contribution in [0.15, 0.2) is 18.2 Å². The second-order valence-electron chi connectivity index (χ2n) is 4.54. The molecule has 0 spiro atoms. The summed E-state index contributed by atoms with van der Waals surface area (Å²) < 4.78 is 4.72. The standard InChI is InChI=1S/C13H17BrO2/c1-9-7-10(13(2,3)8-14)5-6-11(9)12(15)16-4/h5-7H,8H2,1-4H3. The van der Waals surface area contributed by atoms with Gasteiger partial charge in [-0.25, -0.2) is 4.79 Å². The van der Waals surface area contributed by atoms with Gasteiger partial charge in [0.2, 0.25) is 0 Å². The molecular weight excluding hydrogens is 268 g/mol. The number of carbonyl (C=O) groups is 1. The normalized spacial score (nSPS) is 11.3. The average Bonchev–Trinajstić information content (AvgIpc) is 2.28. The van der Waals surface area contributed by atoms with Crippen LogP contribution in [0.5, 0.6) is 0 Å². The van der Waals surface area contributed by atoms with E-state index >= 15 is 0 Å². The first-order valence-corrected chi connectivity index (χ1v) is 6.30. The second-order valence-corrected chi connectivity index (χ2v) is 5.10. The number of benzene rings is 1. The van der Waals surface area contributed by atoms with E-state index in [1.165, 1.54) is 12.7 Å². The molecule has 0 aliphatic heterocycles. The van der Waals surface area contributed by atoms with Gasteiger partial charge in [0.25, 0.3) is 0 Å². The lowest BCUT2D eigenvalue weighted by Crippen LogP contribution is -2.19. The van der Waals surface area contributed by atoms with Gasteiger partial charge >= 0.3 is 5.97 Å². The Hall–Kier alpha value is -0.830. The summed E-state index contributed by atoms with van der Waals surface area (Å²) in [7, 11) is 1.40. The first kappa shape index (κ1) is 13.2. The molecule has 0 N–H and O–H groups in total. The van der Waals surface area contributed by atoms with Crippen molar-refractivity contribution in [3.05, 3.63) is 34.9 Å². The number of hydrogen-bond donors (Lipinski definition) is 0. The quantitative estimate of drug-likeness (QED) is 0.628. The van der Waals surface area contributed by atoms with E-state index < -0.39 is 0 Å². The van der Waals surface area contributed by atoms with Crippen LogP contribution in [0.2, 0.25) is 0 Å². The van der Waals surface area contributed by atoms with Crippen molar-refractivity contribution in [2.24, 2.45) is 0 Å². The van der Waals surface area contributed by atoms with Crippen LogP contribution in [0.1, 0.15) is 35.3 Å². The Morgan fingerprint density at radius 3 is 2.50 bits per heavy atom. The Balaban J connectivity index is 3.14. The van der Waals surface area contributed by atoms with Gasteiger partial charge in [0.05, 0.1) is 12.7 Å². The molecule has 0 aromatic heterocycles. The number of rotatable bonds is 3. The summed E-state index contributed by atoms with van der Waals surface area (Å²) in [5.41, 5.74) is 2.88. The number of methoxy groups -OCH3 is 1. The van der Waals surface area contributed by atoms with Crippen LogP contribution in [-0.2, 0) is 10.2 Å². The number of ether oxygens (including phenoxy) is 1. The highest BCUT2D eigenvalue weighted by atomic mass is 79.9. The first-order valence-electron chi connectivity index (χ1n) is 5.18. The third-order valence-corrected chi connectivity index (χ3v) is 4.15. The molecule has 16 heavy (non-hydrogen) atoms. The lowest BCUT2D eigenvalue weighted by atomic mass is 9.85. The lowest BCUT2D eigenvalue weighted by molar-refractivity contribution is 0.0600. The van der Waals surface area contributed by atoms with E-state index in [0.717, 1.165) is 10.9 Å². The van der Waals surface area contributed by atoms with E-state index in [0.29, 0.717) is 5.56 Å². The largest absolute Gasteiger partial charge is 0.465 e. The maximum absolute atomic E-state index is 11.4. The molecule has 0 amide bonds. The molecule has 0 heterocycles. The zero-order valence-electron chi connectivity index (χ0n) is 10.1. The van der Waals surface area contributed by atoms with Crippen LogP contribution in [0, 0.1) is 6.92 Å². The zero-order chi connectivity index (χ0) is 12.3. The molecule has 0 unspecified atom stereocenters. The topological polar surface area (TPSA) is 26.3 Å². The van der Waals surface area contributed by atoms with Gasteiger partial charge in [-0.05, 0) is 29.5 Å². The van der Waals surface area contributed by atoms with E-state index in [9.17, 15) is 4.79 Å². The molecule has 88 valence electrons. The molecule has 0 aliphatic rings. The summed E-state index contributed by atoms with van der Waals surface area (Å²) in [6, 6.07) is 5.87. The van der Waals surface area contributed by atoms with E-state index in [1.54, 1.807) is 0 Å².